The van der Waals surface area contributed by atoms with Crippen molar-refractivity contribution in [3.63, 3.8) is 0 Å². The van der Waals surface area contributed by atoms with Gasteiger partial charge in [-0.15, -0.1) is 0 Å². The Morgan fingerprint density at radius 3 is 1.38 bits per heavy atom. The third-order valence-corrected chi connectivity index (χ3v) is 15.3. The van der Waals surface area contributed by atoms with Crippen LogP contribution in [0.4, 0.5) is 0 Å². The van der Waals surface area contributed by atoms with Gasteiger partial charge in [0.05, 0.1) is 25.4 Å². The topological polar surface area (TPSA) is 175 Å². The van der Waals surface area contributed by atoms with Crippen molar-refractivity contribution in [2.45, 2.75) is 339 Å². The molecule has 11 heteroatoms. The van der Waals surface area contributed by atoms with Gasteiger partial charge in [-0.05, 0) is 89.9 Å². The van der Waals surface area contributed by atoms with Gasteiger partial charge in [-0.2, -0.15) is 0 Å². The minimum atomic E-state index is -1.62. The van der Waals surface area contributed by atoms with E-state index in [-0.39, 0.29) is 19.4 Å². The Kier molecular flexibility index (Phi) is 53.1. The molecule has 1 heterocycles. The van der Waals surface area contributed by atoms with E-state index in [1.165, 1.54) is 141 Å². The van der Waals surface area contributed by atoms with Gasteiger partial charge in [-0.3, -0.25) is 9.59 Å². The molecule has 0 spiro atoms. The zero-order chi connectivity index (χ0) is 58.2. The van der Waals surface area contributed by atoms with E-state index in [0.717, 1.165) is 103 Å². The van der Waals surface area contributed by atoms with Gasteiger partial charge in [0.1, 0.15) is 24.4 Å². The van der Waals surface area contributed by atoms with Gasteiger partial charge in [-0.1, -0.05) is 267 Å². The molecule has 1 aliphatic rings. The van der Waals surface area contributed by atoms with Gasteiger partial charge in [0, 0.05) is 6.42 Å². The Morgan fingerprint density at radius 2 is 0.900 bits per heavy atom. The lowest BCUT2D eigenvalue weighted by Crippen LogP contribution is -2.61. The van der Waals surface area contributed by atoms with E-state index in [9.17, 15) is 35.1 Å². The highest BCUT2D eigenvalue weighted by Gasteiger charge is 2.47. The maximum Gasteiger partial charge on any atom is 0.306 e. The Hall–Kier alpha value is -2.90. The number of carbonyl (C=O) groups excluding carboxylic acids is 2. The van der Waals surface area contributed by atoms with Crippen LogP contribution in [0.5, 0.6) is 0 Å². The second-order valence-electron chi connectivity index (χ2n) is 22.8. The van der Waals surface area contributed by atoms with E-state index < -0.39 is 67.4 Å². The van der Waals surface area contributed by atoms with Crippen molar-refractivity contribution < 1.29 is 49.3 Å². The van der Waals surface area contributed by atoms with Crippen LogP contribution in [-0.4, -0.2) is 99.6 Å². The number of hydrogen-bond donors (Lipinski definition) is 6. The first-order valence-corrected chi connectivity index (χ1v) is 33.2. The summed E-state index contributed by atoms with van der Waals surface area (Å²) in [6, 6.07) is -1.03. The van der Waals surface area contributed by atoms with Crippen molar-refractivity contribution in [2.75, 3.05) is 13.2 Å². The molecule has 0 aliphatic carbocycles. The van der Waals surface area contributed by atoms with Crippen molar-refractivity contribution in [1.29, 1.82) is 0 Å². The summed E-state index contributed by atoms with van der Waals surface area (Å²) in [6.07, 6.45) is 62.3. The van der Waals surface area contributed by atoms with E-state index >= 15 is 0 Å². The van der Waals surface area contributed by atoms with E-state index in [1.54, 1.807) is 6.08 Å². The molecule has 8 atom stereocenters. The second kappa shape index (κ2) is 56.6. The van der Waals surface area contributed by atoms with Crippen LogP contribution in [0.2, 0.25) is 0 Å². The fourth-order valence-electron chi connectivity index (χ4n) is 10.1. The number of aliphatic hydroxyl groups is 5. The number of carbonyl (C=O) groups is 2. The number of ether oxygens (including phenoxy) is 3. The van der Waals surface area contributed by atoms with Crippen LogP contribution in [0, 0.1) is 0 Å². The highest BCUT2D eigenvalue weighted by Crippen LogP contribution is 2.26. The molecule has 11 nitrogen and oxygen atoms in total. The highest BCUT2D eigenvalue weighted by atomic mass is 16.7. The minimum Gasteiger partial charge on any atom is -0.454 e. The summed E-state index contributed by atoms with van der Waals surface area (Å²) in [5.74, 6) is -1.20. The molecule has 464 valence electrons. The summed E-state index contributed by atoms with van der Waals surface area (Å²) >= 11 is 0. The lowest BCUT2D eigenvalue weighted by molar-refractivity contribution is -0.305. The molecule has 0 saturated carbocycles. The number of nitrogens with one attached hydrogen (secondary N) is 1. The van der Waals surface area contributed by atoms with Crippen molar-refractivity contribution in [3.8, 4) is 0 Å². The molecule has 8 unspecified atom stereocenters. The lowest BCUT2D eigenvalue weighted by atomic mass is 9.99. The fourth-order valence-corrected chi connectivity index (χ4v) is 10.1. The van der Waals surface area contributed by atoms with Gasteiger partial charge in [0.2, 0.25) is 5.91 Å². The normalized spacial score (nSPS) is 19.2. The lowest BCUT2D eigenvalue weighted by Gasteiger charge is -2.41. The van der Waals surface area contributed by atoms with Crippen LogP contribution >= 0.6 is 0 Å². The largest absolute Gasteiger partial charge is 0.454 e. The molecule has 1 saturated heterocycles. The summed E-state index contributed by atoms with van der Waals surface area (Å²) in [5, 5.41) is 57.1. The number of rotatable bonds is 56. The zero-order valence-electron chi connectivity index (χ0n) is 51.4. The number of allylic oxidation sites excluding steroid dienone is 11. The maximum atomic E-state index is 13.4. The first-order valence-electron chi connectivity index (χ1n) is 33.2. The smallest absolute Gasteiger partial charge is 0.306 e. The predicted molar refractivity (Wildman–Crippen MR) is 333 cm³/mol. The van der Waals surface area contributed by atoms with E-state index in [1.807, 2.05) is 6.08 Å². The molecule has 0 bridgehead atoms. The molecular formula is C69H123NO10. The van der Waals surface area contributed by atoms with Crippen LogP contribution in [0.3, 0.4) is 0 Å². The molecule has 0 radical (unpaired) electrons. The monoisotopic (exact) mass is 1130 g/mol. The average molecular weight is 1130 g/mol. The van der Waals surface area contributed by atoms with E-state index in [2.05, 4.69) is 86.8 Å². The zero-order valence-corrected chi connectivity index (χ0v) is 51.4. The number of aliphatic hydroxyl groups excluding tert-OH is 5. The average Bonchev–Trinajstić information content (AvgIpc) is 3.45. The molecule has 1 rings (SSSR count). The molecule has 80 heavy (non-hydrogen) atoms. The predicted octanol–water partition coefficient (Wildman–Crippen LogP) is 16.3. The van der Waals surface area contributed by atoms with Gasteiger partial charge < -0.3 is 45.1 Å². The van der Waals surface area contributed by atoms with Crippen LogP contribution in [0.1, 0.15) is 290 Å². The van der Waals surface area contributed by atoms with Crippen LogP contribution in [-0.2, 0) is 23.8 Å². The fraction of sp³-hybridized carbons (Fsp3) is 0.797. The number of hydrogen-bond acceptors (Lipinski definition) is 10. The van der Waals surface area contributed by atoms with Crippen molar-refractivity contribution in [2.24, 2.45) is 0 Å². The van der Waals surface area contributed by atoms with Gasteiger partial charge in [0.15, 0.2) is 12.4 Å². The number of unbranched alkanes of at least 4 members (excludes halogenated alkanes) is 32. The SMILES string of the molecule is CC/C=C/C/C=C/CCCCCCCCC(O)C(=O)NC(COC1OC(CO)C(O)C(O)C1OC(=O)CCCCCCCCCCCCCC/C=C\C/C=C\C/C=C\CCCCC)C(O)/C=C/CCCCCCCCCCCCC. The van der Waals surface area contributed by atoms with Crippen molar-refractivity contribution >= 4 is 11.9 Å². The van der Waals surface area contributed by atoms with Gasteiger partial charge >= 0.3 is 5.97 Å². The minimum absolute atomic E-state index is 0.119. The summed E-state index contributed by atoms with van der Waals surface area (Å²) in [5.41, 5.74) is 0. The van der Waals surface area contributed by atoms with E-state index in [4.69, 9.17) is 14.2 Å². The maximum absolute atomic E-state index is 13.4. The molecule has 1 amide bonds. The van der Waals surface area contributed by atoms with Crippen LogP contribution < -0.4 is 5.32 Å². The van der Waals surface area contributed by atoms with Crippen LogP contribution in [0.25, 0.3) is 0 Å². The first-order chi connectivity index (χ1) is 39.2. The number of amides is 1. The Bertz CT molecular complexity index is 1580. The highest BCUT2D eigenvalue weighted by molar-refractivity contribution is 5.80. The Balaban J connectivity index is 2.59. The van der Waals surface area contributed by atoms with Crippen molar-refractivity contribution in [3.05, 3.63) is 72.9 Å². The first kappa shape index (κ1) is 75.1. The standard InChI is InChI=1S/C69H123NO10/c1-4-7-10-13-16-19-22-25-26-27-28-29-30-31-32-33-34-35-36-39-42-45-48-51-54-57-64(74)80-67-66(76)65(75)63(58-71)79-69(67)78-59-60(61(72)55-52-49-46-43-40-37-23-20-17-14-11-8-5-2)70-68(77)62(73)56-53-50-47-44-41-38-24-21-18-15-12-9-6-3/h9,12,16,18-19,21,25-26,28-29,52,55,60-63,65-67,69,71-73,75-76H,4-8,10-11,13-15,17,20,22-24,27,30-51,53-54,56-59H2,1-3H3,(H,70,77)/b12-9+,19-16-,21-18+,26-25-,29-28-,55-52+. The Morgan fingerprint density at radius 1 is 0.500 bits per heavy atom. The second-order valence-corrected chi connectivity index (χ2v) is 22.8. The number of esters is 1. The summed E-state index contributed by atoms with van der Waals surface area (Å²) in [6.45, 7) is 5.66. The molecule has 0 aromatic carbocycles. The summed E-state index contributed by atoms with van der Waals surface area (Å²) in [7, 11) is 0. The van der Waals surface area contributed by atoms with Crippen molar-refractivity contribution in [1.82, 2.24) is 5.32 Å². The van der Waals surface area contributed by atoms with Gasteiger partial charge in [-0.25, -0.2) is 0 Å². The molecule has 0 aromatic heterocycles. The molecular weight excluding hydrogens is 1000 g/mol. The molecule has 1 aliphatic heterocycles. The quantitative estimate of drug-likeness (QED) is 0.0195. The summed E-state index contributed by atoms with van der Waals surface area (Å²) < 4.78 is 17.7. The molecule has 0 aromatic rings. The van der Waals surface area contributed by atoms with Crippen LogP contribution in [0.15, 0.2) is 72.9 Å². The third-order valence-electron chi connectivity index (χ3n) is 15.3. The van der Waals surface area contributed by atoms with Gasteiger partial charge in [0.25, 0.3) is 0 Å². The molecule has 6 N–H and O–H groups in total. The third kappa shape index (κ3) is 43.7. The molecule has 1 fully saturated rings. The Labute approximate surface area is 490 Å². The summed E-state index contributed by atoms with van der Waals surface area (Å²) in [4.78, 5) is 26.6. The van der Waals surface area contributed by atoms with E-state index in [0.29, 0.717) is 12.8 Å².